The van der Waals surface area contributed by atoms with Crippen LogP contribution in [0.25, 0.3) is 0 Å². The average Bonchev–Trinajstić information content (AvgIpc) is 2.81. The molecule has 0 radical (unpaired) electrons. The highest BCUT2D eigenvalue weighted by Crippen LogP contribution is 2.09. The highest BCUT2D eigenvalue weighted by Gasteiger charge is 2.23. The predicted octanol–water partition coefficient (Wildman–Crippen LogP) is 1.44. The van der Waals surface area contributed by atoms with E-state index >= 15 is 0 Å². The van der Waals surface area contributed by atoms with Gasteiger partial charge in [-0.3, -0.25) is 4.79 Å². The molecule has 0 aliphatic rings. The molecule has 0 bridgehead atoms. The van der Waals surface area contributed by atoms with Gasteiger partial charge in [-0.1, -0.05) is 42.5 Å². The van der Waals surface area contributed by atoms with Gasteiger partial charge in [0.05, 0.1) is 31.3 Å². The number of carbonyl (C=O) groups is 3. The van der Waals surface area contributed by atoms with Crippen LogP contribution in [-0.4, -0.2) is 48.9 Å². The number of rotatable bonds is 10. The molecule has 0 aliphatic carbocycles. The highest BCUT2D eigenvalue weighted by molar-refractivity contribution is 5.85. The third-order valence-electron chi connectivity index (χ3n) is 4.43. The molecule has 32 heavy (non-hydrogen) atoms. The van der Waals surface area contributed by atoms with Gasteiger partial charge in [0.2, 0.25) is 5.91 Å². The van der Waals surface area contributed by atoms with Crippen LogP contribution in [0, 0.1) is 11.3 Å². The molecule has 0 heterocycles. The van der Waals surface area contributed by atoms with E-state index in [1.807, 2.05) is 24.3 Å². The number of hydrogen-bond donors (Lipinski definition) is 3. The summed E-state index contributed by atoms with van der Waals surface area (Å²) in [6.45, 7) is -0.120. The van der Waals surface area contributed by atoms with Crippen molar-refractivity contribution in [2.45, 2.75) is 31.6 Å². The Bertz CT molecular complexity index is 958. The number of aliphatic hydroxyl groups excluding tert-OH is 1. The number of nitrogens with one attached hydrogen (secondary N) is 2. The van der Waals surface area contributed by atoms with Crippen molar-refractivity contribution in [1.29, 1.82) is 5.26 Å². The van der Waals surface area contributed by atoms with Crippen molar-refractivity contribution in [2.24, 2.45) is 0 Å². The molecular weight excluding hydrogens is 414 g/mol. The number of hydrogen-bond acceptors (Lipinski definition) is 7. The molecule has 2 atom stereocenters. The molecule has 3 N–H and O–H groups in total. The second-order valence-corrected chi connectivity index (χ2v) is 6.96. The first kappa shape index (κ1) is 24.4. The Morgan fingerprint density at radius 2 is 1.81 bits per heavy atom. The SMILES string of the molecule is COC(=O)[C@H](Cc1cccc(C#N)c1)NC(=O)C[C@H](O)CNC(=O)OCc1ccccc1. The maximum atomic E-state index is 12.3. The van der Waals surface area contributed by atoms with Crippen LogP contribution < -0.4 is 10.6 Å². The van der Waals surface area contributed by atoms with E-state index in [1.54, 1.807) is 36.4 Å². The lowest BCUT2D eigenvalue weighted by Gasteiger charge is -2.18. The molecule has 0 saturated carbocycles. The standard InChI is InChI=1S/C23H25N3O6/c1-31-22(29)20(11-17-8-5-9-18(10-17)13-24)26-21(28)12-19(27)14-25-23(30)32-15-16-6-3-2-4-7-16/h2-10,19-20,27H,11-12,14-15H2,1H3,(H,25,30)(H,26,28)/t19-,20-/m0/s1. The van der Waals surface area contributed by atoms with E-state index in [-0.39, 0.29) is 26.0 Å². The van der Waals surface area contributed by atoms with Crippen LogP contribution in [0.1, 0.15) is 23.1 Å². The zero-order valence-corrected chi connectivity index (χ0v) is 17.6. The lowest BCUT2D eigenvalue weighted by Crippen LogP contribution is -2.45. The lowest BCUT2D eigenvalue weighted by molar-refractivity contribution is -0.145. The van der Waals surface area contributed by atoms with Gasteiger partial charge in [-0.15, -0.1) is 0 Å². The van der Waals surface area contributed by atoms with Crippen molar-refractivity contribution in [1.82, 2.24) is 10.6 Å². The third kappa shape index (κ3) is 8.45. The van der Waals surface area contributed by atoms with Gasteiger partial charge < -0.3 is 25.2 Å². The number of methoxy groups -OCH3 is 1. The van der Waals surface area contributed by atoms with Crippen molar-refractivity contribution in [3.8, 4) is 6.07 Å². The van der Waals surface area contributed by atoms with Crippen LogP contribution >= 0.6 is 0 Å². The van der Waals surface area contributed by atoms with Crippen molar-refractivity contribution < 1.29 is 29.0 Å². The summed E-state index contributed by atoms with van der Waals surface area (Å²) in [5.74, 6) is -1.25. The van der Waals surface area contributed by atoms with Gasteiger partial charge in [0.1, 0.15) is 12.6 Å². The van der Waals surface area contributed by atoms with Gasteiger partial charge in [-0.25, -0.2) is 9.59 Å². The van der Waals surface area contributed by atoms with E-state index in [9.17, 15) is 19.5 Å². The zero-order chi connectivity index (χ0) is 23.3. The van der Waals surface area contributed by atoms with E-state index in [1.165, 1.54) is 7.11 Å². The largest absolute Gasteiger partial charge is 0.467 e. The second kappa shape index (κ2) is 12.7. The molecule has 9 nitrogen and oxygen atoms in total. The molecule has 9 heteroatoms. The van der Waals surface area contributed by atoms with Crippen molar-refractivity contribution in [3.05, 3.63) is 71.3 Å². The van der Waals surface area contributed by atoms with Crippen LogP contribution in [0.5, 0.6) is 0 Å². The Labute approximate surface area is 186 Å². The number of amides is 2. The predicted molar refractivity (Wildman–Crippen MR) is 114 cm³/mol. The number of alkyl carbamates (subject to hydrolysis) is 1. The fraction of sp³-hybridized carbons (Fsp3) is 0.304. The highest BCUT2D eigenvalue weighted by atomic mass is 16.5. The Morgan fingerprint density at radius 3 is 2.50 bits per heavy atom. The molecule has 2 rings (SSSR count). The Morgan fingerprint density at radius 1 is 1.09 bits per heavy atom. The summed E-state index contributed by atoms with van der Waals surface area (Å²) in [5.41, 5.74) is 1.91. The Hall–Kier alpha value is -3.90. The number of ether oxygens (including phenoxy) is 2. The summed E-state index contributed by atoms with van der Waals surface area (Å²) in [7, 11) is 1.20. The van der Waals surface area contributed by atoms with Crippen LogP contribution in [0.15, 0.2) is 54.6 Å². The third-order valence-corrected chi connectivity index (χ3v) is 4.43. The van der Waals surface area contributed by atoms with Gasteiger partial charge in [0, 0.05) is 13.0 Å². The fourth-order valence-electron chi connectivity index (χ4n) is 2.85. The first-order valence-electron chi connectivity index (χ1n) is 9.90. The summed E-state index contributed by atoms with van der Waals surface area (Å²) >= 11 is 0. The molecule has 2 aromatic carbocycles. The molecule has 0 aliphatic heterocycles. The normalized spacial score (nSPS) is 12.0. The van der Waals surface area contributed by atoms with Crippen molar-refractivity contribution in [2.75, 3.05) is 13.7 Å². The number of esters is 1. The lowest BCUT2D eigenvalue weighted by atomic mass is 10.0. The molecule has 0 fully saturated rings. The summed E-state index contributed by atoms with van der Waals surface area (Å²) in [5, 5.41) is 23.9. The fourth-order valence-corrected chi connectivity index (χ4v) is 2.85. The molecule has 0 spiro atoms. The smallest absolute Gasteiger partial charge is 0.407 e. The van der Waals surface area contributed by atoms with Crippen LogP contribution in [0.2, 0.25) is 0 Å². The topological polar surface area (TPSA) is 138 Å². The minimum Gasteiger partial charge on any atom is -0.467 e. The van der Waals surface area contributed by atoms with Crippen LogP contribution in [-0.2, 0) is 32.1 Å². The van der Waals surface area contributed by atoms with E-state index in [2.05, 4.69) is 10.6 Å². The van der Waals surface area contributed by atoms with Crippen LogP contribution in [0.4, 0.5) is 4.79 Å². The maximum absolute atomic E-state index is 12.3. The average molecular weight is 439 g/mol. The summed E-state index contributed by atoms with van der Waals surface area (Å²) < 4.78 is 9.77. The van der Waals surface area contributed by atoms with Gasteiger partial charge in [0.25, 0.3) is 0 Å². The number of carbonyl (C=O) groups excluding carboxylic acids is 3. The first-order valence-corrected chi connectivity index (χ1v) is 9.90. The van der Waals surface area contributed by atoms with E-state index in [4.69, 9.17) is 14.7 Å². The molecule has 0 saturated heterocycles. The van der Waals surface area contributed by atoms with Crippen molar-refractivity contribution >= 4 is 18.0 Å². The quantitative estimate of drug-likeness (QED) is 0.476. The molecule has 0 aromatic heterocycles. The van der Waals surface area contributed by atoms with Gasteiger partial charge >= 0.3 is 12.1 Å². The minimum absolute atomic E-state index is 0.0804. The first-order chi connectivity index (χ1) is 15.4. The monoisotopic (exact) mass is 439 g/mol. The van der Waals surface area contributed by atoms with E-state index < -0.39 is 30.1 Å². The van der Waals surface area contributed by atoms with E-state index in [0.29, 0.717) is 11.1 Å². The Kier molecular flexibility index (Phi) is 9.69. The van der Waals surface area contributed by atoms with Gasteiger partial charge in [0.15, 0.2) is 0 Å². The maximum Gasteiger partial charge on any atom is 0.407 e. The van der Waals surface area contributed by atoms with Gasteiger partial charge in [-0.05, 0) is 23.3 Å². The van der Waals surface area contributed by atoms with Crippen molar-refractivity contribution in [3.63, 3.8) is 0 Å². The summed E-state index contributed by atoms with van der Waals surface area (Å²) in [6, 6.07) is 16.8. The van der Waals surface area contributed by atoms with E-state index in [0.717, 1.165) is 5.56 Å². The summed E-state index contributed by atoms with van der Waals surface area (Å²) in [4.78, 5) is 36.1. The molecule has 168 valence electrons. The molecule has 2 amide bonds. The molecular formula is C23H25N3O6. The summed E-state index contributed by atoms with van der Waals surface area (Å²) in [6.07, 6.45) is -2.13. The van der Waals surface area contributed by atoms with Gasteiger partial charge in [-0.2, -0.15) is 5.26 Å². The number of benzene rings is 2. The minimum atomic E-state index is -1.18. The number of nitriles is 1. The zero-order valence-electron chi connectivity index (χ0n) is 17.6. The number of aliphatic hydroxyl groups is 1. The molecule has 0 unspecified atom stereocenters. The second-order valence-electron chi connectivity index (χ2n) is 6.96. The molecule has 2 aromatic rings. The Balaban J connectivity index is 1.80. The van der Waals surface area contributed by atoms with Crippen LogP contribution in [0.3, 0.4) is 0 Å². The number of nitrogens with zero attached hydrogens (tertiary/aromatic N) is 1.